The molecule has 0 spiro atoms. The second kappa shape index (κ2) is 4.60. The van der Waals surface area contributed by atoms with Crippen molar-refractivity contribution in [2.75, 3.05) is 6.61 Å². The Hall–Kier alpha value is -2.44. The smallest absolute Gasteiger partial charge is 0.326 e. The molecule has 1 heterocycles. The average Bonchev–Trinajstić information content (AvgIpc) is 2.27. The Morgan fingerprint density at radius 2 is 1.88 bits per heavy atom. The van der Waals surface area contributed by atoms with Crippen LogP contribution in [0.4, 0.5) is 0 Å². The minimum absolute atomic E-state index is 0.0317. The van der Waals surface area contributed by atoms with Crippen LogP contribution in [0.25, 0.3) is 0 Å². The number of rotatable bonds is 3. The second-order valence-corrected chi connectivity index (χ2v) is 3.29. The van der Waals surface area contributed by atoms with Crippen LogP contribution in [0.1, 0.15) is 6.42 Å². The molecule has 7 nitrogen and oxygen atoms in total. The van der Waals surface area contributed by atoms with Crippen molar-refractivity contribution in [3.05, 3.63) is 23.8 Å². The first kappa shape index (κ1) is 11.1. The van der Waals surface area contributed by atoms with Gasteiger partial charge in [-0.3, -0.25) is 4.79 Å². The molecule has 0 saturated carbocycles. The molecule has 1 aromatic rings. The van der Waals surface area contributed by atoms with Crippen molar-refractivity contribution in [3.8, 4) is 18.0 Å². The highest BCUT2D eigenvalue weighted by Gasteiger charge is 2.08. The summed E-state index contributed by atoms with van der Waals surface area (Å²) in [6.45, 7) is 0.146. The van der Waals surface area contributed by atoms with E-state index in [4.69, 9.17) is 14.9 Å². The Bertz CT molecular complexity index is 490. The molecule has 0 radical (unpaired) electrons. The molecule has 1 aliphatic carbocycles. The maximum absolute atomic E-state index is 10.9. The van der Waals surface area contributed by atoms with E-state index in [-0.39, 0.29) is 18.4 Å². The third-order valence-electron chi connectivity index (χ3n) is 2.01. The lowest BCUT2D eigenvalue weighted by Crippen LogP contribution is -2.06. The Balaban J connectivity index is 1.98. The second-order valence-electron chi connectivity index (χ2n) is 3.29. The molecule has 88 valence electrons. The molecule has 0 unspecified atom stereocenters. The van der Waals surface area contributed by atoms with Crippen molar-refractivity contribution in [3.63, 3.8) is 0 Å². The fourth-order valence-corrected chi connectivity index (χ4v) is 1.22. The largest absolute Gasteiger partial charge is 0.479 e. The number of allylic oxidation sites excluding steroid dienone is 2. The first-order valence-corrected chi connectivity index (χ1v) is 4.80. The third-order valence-corrected chi connectivity index (χ3v) is 2.01. The zero-order valence-corrected chi connectivity index (χ0v) is 8.70. The normalized spacial score (nSPS) is 14.6. The number of aromatic hydroxyl groups is 2. The van der Waals surface area contributed by atoms with Gasteiger partial charge in [0.1, 0.15) is 6.61 Å². The highest BCUT2D eigenvalue weighted by molar-refractivity contribution is 5.92. The zero-order chi connectivity index (χ0) is 12.3. The van der Waals surface area contributed by atoms with Gasteiger partial charge < -0.3 is 14.9 Å². The van der Waals surface area contributed by atoms with Gasteiger partial charge in [-0.15, -0.1) is 15.0 Å². The van der Waals surface area contributed by atoms with E-state index < -0.39 is 12.0 Å². The molecule has 0 fully saturated rings. The maximum atomic E-state index is 10.9. The predicted octanol–water partition coefficient (Wildman–Crippen LogP) is 0.117. The summed E-state index contributed by atoms with van der Waals surface area (Å²) in [4.78, 5) is 21.0. The van der Waals surface area contributed by atoms with E-state index in [1.165, 1.54) is 6.08 Å². The number of aromatic nitrogens is 3. The van der Waals surface area contributed by atoms with Crippen LogP contribution in [0.5, 0.6) is 18.0 Å². The number of carbonyl (C=O) groups excluding carboxylic acids is 1. The van der Waals surface area contributed by atoms with E-state index in [0.717, 1.165) is 5.57 Å². The third kappa shape index (κ3) is 3.00. The van der Waals surface area contributed by atoms with Gasteiger partial charge in [-0.05, 0) is 11.6 Å². The Morgan fingerprint density at radius 3 is 2.47 bits per heavy atom. The molecule has 1 aromatic heterocycles. The van der Waals surface area contributed by atoms with E-state index in [1.54, 1.807) is 12.2 Å². The first-order chi connectivity index (χ1) is 8.13. The van der Waals surface area contributed by atoms with Gasteiger partial charge in [-0.1, -0.05) is 12.2 Å². The van der Waals surface area contributed by atoms with E-state index in [9.17, 15) is 4.79 Å². The summed E-state index contributed by atoms with van der Waals surface area (Å²) >= 11 is 0. The molecule has 0 atom stereocenters. The summed E-state index contributed by atoms with van der Waals surface area (Å²) in [5, 5.41) is 18.0. The number of carbonyl (C=O) groups is 1. The quantitative estimate of drug-likeness (QED) is 0.766. The molecule has 0 amide bonds. The number of nitrogens with zero attached hydrogens (tertiary/aromatic N) is 3. The lowest BCUT2D eigenvalue weighted by molar-refractivity contribution is -0.113. The molecular formula is C10H9N3O4. The van der Waals surface area contributed by atoms with Gasteiger partial charge >= 0.3 is 18.0 Å². The van der Waals surface area contributed by atoms with Gasteiger partial charge in [0.2, 0.25) is 0 Å². The number of ketones is 1. The van der Waals surface area contributed by atoms with Gasteiger partial charge in [-0.2, -0.15) is 0 Å². The molecule has 0 saturated heterocycles. The standard InChI is InChI=1S/C10H9N3O4/c14-7-3-1-6(2-4-7)5-17-10-12-8(15)11-9(16)13-10/h1-3H,4-5H2,(H2,11,12,13,15,16). The maximum Gasteiger partial charge on any atom is 0.326 e. The van der Waals surface area contributed by atoms with Crippen LogP contribution >= 0.6 is 0 Å². The highest BCUT2D eigenvalue weighted by Crippen LogP contribution is 2.14. The van der Waals surface area contributed by atoms with Gasteiger partial charge in [0.05, 0.1) is 0 Å². The fourth-order valence-electron chi connectivity index (χ4n) is 1.22. The monoisotopic (exact) mass is 235 g/mol. The van der Waals surface area contributed by atoms with Crippen molar-refractivity contribution < 1.29 is 19.7 Å². The minimum Gasteiger partial charge on any atom is -0.479 e. The van der Waals surface area contributed by atoms with Crippen molar-refractivity contribution in [1.82, 2.24) is 15.0 Å². The number of ether oxygens (including phenoxy) is 1. The number of hydrogen-bond acceptors (Lipinski definition) is 7. The van der Waals surface area contributed by atoms with Crippen LogP contribution in [-0.2, 0) is 4.79 Å². The van der Waals surface area contributed by atoms with Crippen LogP contribution in [0, 0.1) is 0 Å². The van der Waals surface area contributed by atoms with Crippen LogP contribution in [-0.4, -0.2) is 37.6 Å². The first-order valence-electron chi connectivity index (χ1n) is 4.80. The molecule has 17 heavy (non-hydrogen) atoms. The van der Waals surface area contributed by atoms with Crippen LogP contribution in [0.3, 0.4) is 0 Å². The lowest BCUT2D eigenvalue weighted by Gasteiger charge is -2.07. The number of hydrogen-bond donors (Lipinski definition) is 2. The summed E-state index contributed by atoms with van der Waals surface area (Å²) in [5.41, 5.74) is 0.795. The summed E-state index contributed by atoms with van der Waals surface area (Å²) in [7, 11) is 0. The summed E-state index contributed by atoms with van der Waals surface area (Å²) in [5.74, 6) is 0.0317. The highest BCUT2D eigenvalue weighted by atomic mass is 16.5. The molecule has 1 aliphatic rings. The van der Waals surface area contributed by atoms with Crippen molar-refractivity contribution in [2.45, 2.75) is 6.42 Å². The van der Waals surface area contributed by atoms with E-state index in [0.29, 0.717) is 6.42 Å². The molecule has 7 heteroatoms. The van der Waals surface area contributed by atoms with Gasteiger partial charge in [0, 0.05) is 6.42 Å². The summed E-state index contributed by atoms with van der Waals surface area (Å²) in [6.07, 6.45) is 5.15. The topological polar surface area (TPSA) is 105 Å². The minimum atomic E-state index is -0.615. The Labute approximate surface area is 96.1 Å². The SMILES string of the molecule is O=C1C=CC(COc2nc(O)nc(O)n2)=CC1. The van der Waals surface area contributed by atoms with Crippen molar-refractivity contribution in [1.29, 1.82) is 0 Å². The molecule has 0 aliphatic heterocycles. The van der Waals surface area contributed by atoms with Crippen LogP contribution in [0.15, 0.2) is 23.8 Å². The average molecular weight is 235 g/mol. The van der Waals surface area contributed by atoms with Crippen molar-refractivity contribution in [2.24, 2.45) is 0 Å². The summed E-state index contributed by atoms with van der Waals surface area (Å²) in [6, 6.07) is -1.41. The Morgan fingerprint density at radius 1 is 1.18 bits per heavy atom. The van der Waals surface area contributed by atoms with Crippen molar-refractivity contribution >= 4 is 5.78 Å². The van der Waals surface area contributed by atoms with E-state index >= 15 is 0 Å². The zero-order valence-electron chi connectivity index (χ0n) is 8.70. The molecule has 2 rings (SSSR count). The van der Waals surface area contributed by atoms with Crippen LogP contribution < -0.4 is 4.74 Å². The predicted molar refractivity (Wildman–Crippen MR) is 55.5 cm³/mol. The van der Waals surface area contributed by atoms with E-state index in [2.05, 4.69) is 15.0 Å². The van der Waals surface area contributed by atoms with Gasteiger partial charge in [-0.25, -0.2) is 0 Å². The molecule has 2 N–H and O–H groups in total. The molecular weight excluding hydrogens is 226 g/mol. The molecule has 0 bridgehead atoms. The Kier molecular flexibility index (Phi) is 2.99. The van der Waals surface area contributed by atoms with Gasteiger partial charge in [0.15, 0.2) is 5.78 Å². The lowest BCUT2D eigenvalue weighted by atomic mass is 10.1. The van der Waals surface area contributed by atoms with Gasteiger partial charge in [0.25, 0.3) is 0 Å². The molecule has 0 aromatic carbocycles. The van der Waals surface area contributed by atoms with E-state index in [1.807, 2.05) is 0 Å². The van der Waals surface area contributed by atoms with Crippen LogP contribution in [0.2, 0.25) is 0 Å². The summed E-state index contributed by atoms with van der Waals surface area (Å²) < 4.78 is 5.13. The fraction of sp³-hybridized carbons (Fsp3) is 0.200.